The first-order valence-electron chi connectivity index (χ1n) is 1.99. The first-order valence-corrected chi connectivity index (χ1v) is 11.4. The monoisotopic (exact) mass is 298 g/mol. The zero-order valence-electron chi connectivity index (χ0n) is 4.51. The number of rotatable bonds is 2. The van der Waals surface area contributed by atoms with E-state index in [0.717, 1.165) is 0 Å². The predicted molar refractivity (Wildman–Crippen MR) is 29.9 cm³/mol. The predicted octanol–water partition coefficient (Wildman–Crippen LogP) is 0.825. The molecule has 0 saturated carbocycles. The minimum atomic E-state index is -1.34. The van der Waals surface area contributed by atoms with E-state index in [1.54, 1.807) is 0 Å². The number of carbonyl (C=O) groups is 1. The Balaban J connectivity index is 3.13. The van der Waals surface area contributed by atoms with Gasteiger partial charge in [-0.05, 0) is 0 Å². The maximum atomic E-state index is 9.86. The van der Waals surface area contributed by atoms with Crippen LogP contribution >= 0.6 is 0 Å². The third kappa shape index (κ3) is 6.35. The average Bonchev–Trinajstić information content (AvgIpc) is 1.27. The van der Waals surface area contributed by atoms with Gasteiger partial charge >= 0.3 is 51.0 Å². The Morgan fingerprint density at radius 1 is 1.71 bits per heavy atom. The van der Waals surface area contributed by atoms with Crippen LogP contribution in [0.2, 0.25) is 13.4 Å². The maximum absolute atomic E-state index is 9.86. The molecule has 0 radical (unpaired) electrons. The van der Waals surface area contributed by atoms with Crippen molar-refractivity contribution in [2.24, 2.45) is 0 Å². The third-order valence-electron chi connectivity index (χ3n) is 0.451. The van der Waals surface area contributed by atoms with E-state index in [0.29, 0.717) is 4.13 Å². The summed E-state index contributed by atoms with van der Waals surface area (Å²) in [6.45, 7) is 0. The van der Waals surface area contributed by atoms with Crippen LogP contribution in [-0.4, -0.2) is 32.8 Å². The summed E-state index contributed by atoms with van der Waals surface area (Å²) in [5.41, 5.74) is 0. The molecule has 0 bridgehead atoms. The van der Waals surface area contributed by atoms with E-state index in [4.69, 9.17) is 5.11 Å². The summed E-state index contributed by atoms with van der Waals surface area (Å²) in [6.07, 6.45) is 0. The summed E-state index contributed by atoms with van der Waals surface area (Å²) in [5, 5.41) is 8.13. The number of carboxylic acids is 1. The Morgan fingerprint density at radius 2 is 2.14 bits per heavy atom. The van der Waals surface area contributed by atoms with E-state index in [1.165, 1.54) is 0 Å². The van der Waals surface area contributed by atoms with Crippen LogP contribution in [0.4, 0.5) is 0 Å². The van der Waals surface area contributed by atoms with Crippen molar-refractivity contribution in [1.29, 1.82) is 0 Å². The summed E-state index contributed by atoms with van der Waals surface area (Å²) in [6, 6.07) is 0. The van der Waals surface area contributed by atoms with Gasteiger partial charge in [0, 0.05) is 0 Å². The molecule has 2 nitrogen and oxygen atoms in total. The Kier molecular flexibility index (Phi) is 3.54. The van der Waals surface area contributed by atoms with Gasteiger partial charge in [-0.1, -0.05) is 0 Å². The van der Waals surface area contributed by atoms with Crippen molar-refractivity contribution >= 4 is 27.7 Å². The van der Waals surface area contributed by atoms with Gasteiger partial charge in [0.2, 0.25) is 0 Å². The summed E-state index contributed by atoms with van der Waals surface area (Å²) in [7, 11) is 0. The summed E-state index contributed by atoms with van der Waals surface area (Å²) in [4.78, 5) is 9.86. The molecule has 0 aromatic heterocycles. The zero-order chi connectivity index (χ0) is 5.86. The fourth-order valence-electron chi connectivity index (χ4n) is 0.271. The molecule has 0 spiro atoms. The van der Waals surface area contributed by atoms with Crippen LogP contribution in [0.25, 0.3) is 0 Å². The van der Waals surface area contributed by atoms with Gasteiger partial charge in [-0.25, -0.2) is 0 Å². The van der Waals surface area contributed by atoms with Gasteiger partial charge in [0.05, 0.1) is 0 Å². The van der Waals surface area contributed by atoms with Crippen molar-refractivity contribution in [3.63, 3.8) is 0 Å². The molecule has 1 N–H and O–H groups in total. The third-order valence-corrected chi connectivity index (χ3v) is 3.96. The topological polar surface area (TPSA) is 37.3 Å². The van der Waals surface area contributed by atoms with E-state index < -0.39 is 27.7 Å². The van der Waals surface area contributed by atoms with Crippen LogP contribution in [-0.2, 0) is 4.79 Å². The molecule has 0 aliphatic rings. The molecule has 0 aromatic carbocycles. The quantitative estimate of drug-likeness (QED) is 0.767. The molecule has 0 fully saturated rings. The second-order valence-corrected chi connectivity index (χ2v) is 11.3. The van der Waals surface area contributed by atoms with Gasteiger partial charge < -0.3 is 0 Å². The van der Waals surface area contributed by atoms with E-state index >= 15 is 0 Å². The molecule has 0 atom stereocenters. The van der Waals surface area contributed by atoms with E-state index in [9.17, 15) is 4.79 Å². The standard InChI is InChI=1S/C2H3O2.2CH3.Bi/c1-2(3)4;;;/h1H2,(H,3,4);2*1H3;. The molecule has 0 amide bonds. The van der Waals surface area contributed by atoms with E-state index in [2.05, 4.69) is 9.26 Å². The van der Waals surface area contributed by atoms with E-state index in [-0.39, 0.29) is 0 Å². The van der Waals surface area contributed by atoms with E-state index in [1.807, 2.05) is 0 Å². The van der Waals surface area contributed by atoms with Crippen molar-refractivity contribution in [3.05, 3.63) is 0 Å². The molecular formula is C4H9BiO2. The number of hydrogen-bond acceptors (Lipinski definition) is 1. The molecule has 0 heterocycles. The SMILES string of the molecule is [CH3][Bi]([CH3])[CH2]C(=O)O. The van der Waals surface area contributed by atoms with Gasteiger partial charge in [-0.3, -0.25) is 0 Å². The number of carboxylic acid groups (broad SMARTS) is 1. The summed E-state index contributed by atoms with van der Waals surface area (Å²) >= 11 is -1.34. The fourth-order valence-corrected chi connectivity index (χ4v) is 2.37. The van der Waals surface area contributed by atoms with Crippen molar-refractivity contribution < 1.29 is 9.90 Å². The van der Waals surface area contributed by atoms with Gasteiger partial charge in [0.25, 0.3) is 0 Å². The molecule has 0 unspecified atom stereocenters. The van der Waals surface area contributed by atoms with Crippen LogP contribution in [0.3, 0.4) is 0 Å². The first-order chi connectivity index (χ1) is 3.13. The summed E-state index contributed by atoms with van der Waals surface area (Å²) < 4.78 is 4.65. The van der Waals surface area contributed by atoms with Gasteiger partial charge in [-0.2, -0.15) is 0 Å². The van der Waals surface area contributed by atoms with Crippen LogP contribution in [0, 0.1) is 0 Å². The van der Waals surface area contributed by atoms with Crippen LogP contribution < -0.4 is 0 Å². The molecule has 0 aliphatic carbocycles. The molecule has 0 rings (SSSR count). The first kappa shape index (κ1) is 7.35. The Hall–Kier alpha value is 0.353. The number of aliphatic carboxylic acids is 1. The van der Waals surface area contributed by atoms with Gasteiger partial charge in [0.15, 0.2) is 0 Å². The van der Waals surface area contributed by atoms with Crippen molar-refractivity contribution in [3.8, 4) is 0 Å². The second kappa shape index (κ2) is 3.37. The van der Waals surface area contributed by atoms with Crippen molar-refractivity contribution in [2.75, 3.05) is 0 Å². The Bertz CT molecular complexity index is 70.1. The minimum absolute atomic E-state index is 0.481. The Morgan fingerprint density at radius 3 is 2.14 bits per heavy atom. The number of hydrogen-bond donors (Lipinski definition) is 1. The molecule has 0 saturated heterocycles. The second-order valence-electron chi connectivity index (χ2n) is 1.63. The summed E-state index contributed by atoms with van der Waals surface area (Å²) in [5.74, 6) is -0.622. The fraction of sp³-hybridized carbons (Fsp3) is 0.750. The van der Waals surface area contributed by atoms with Crippen LogP contribution in [0.5, 0.6) is 0 Å². The molecule has 0 aromatic rings. The zero-order valence-corrected chi connectivity index (χ0v) is 7.99. The molecule has 0 aliphatic heterocycles. The van der Waals surface area contributed by atoms with Crippen LogP contribution in [0.15, 0.2) is 0 Å². The molecule has 3 heteroatoms. The van der Waals surface area contributed by atoms with Gasteiger partial charge in [0.1, 0.15) is 0 Å². The van der Waals surface area contributed by atoms with Crippen molar-refractivity contribution in [2.45, 2.75) is 13.4 Å². The molecule has 42 valence electrons. The van der Waals surface area contributed by atoms with Crippen molar-refractivity contribution in [1.82, 2.24) is 0 Å². The molecular weight excluding hydrogens is 289 g/mol. The molecule has 7 heavy (non-hydrogen) atoms. The normalized spacial score (nSPS) is 9.57. The average molecular weight is 298 g/mol. The van der Waals surface area contributed by atoms with Gasteiger partial charge in [-0.15, -0.1) is 0 Å². The van der Waals surface area contributed by atoms with Crippen LogP contribution in [0.1, 0.15) is 0 Å². The Labute approximate surface area is 51.2 Å².